The summed E-state index contributed by atoms with van der Waals surface area (Å²) in [5.41, 5.74) is 0. The van der Waals surface area contributed by atoms with Gasteiger partial charge in [-0.3, -0.25) is 0 Å². The van der Waals surface area contributed by atoms with Crippen molar-refractivity contribution in [3.8, 4) is 0 Å². The summed E-state index contributed by atoms with van der Waals surface area (Å²) in [7, 11) is -3.86. The molecule has 206 valence electrons. The van der Waals surface area contributed by atoms with E-state index in [0.29, 0.717) is 0 Å². The average Bonchev–Trinajstić information content (AvgIpc) is 2.80. The van der Waals surface area contributed by atoms with E-state index in [1.807, 2.05) is 6.92 Å². The van der Waals surface area contributed by atoms with E-state index in [0.717, 1.165) is 38.5 Å². The second-order valence-corrected chi connectivity index (χ2v) is 11.6. The Morgan fingerprint density at radius 1 is 0.500 bits per heavy atom. The maximum atomic E-state index is 12.0. The third kappa shape index (κ3) is 26.5. The van der Waals surface area contributed by atoms with Gasteiger partial charge in [0, 0.05) is 0 Å². The lowest BCUT2D eigenvalue weighted by molar-refractivity contribution is 0.157. The van der Waals surface area contributed by atoms with Gasteiger partial charge in [-0.25, -0.2) is 8.37 Å². The highest BCUT2D eigenvalue weighted by atomic mass is 32.3. The van der Waals surface area contributed by atoms with Gasteiger partial charge in [0.2, 0.25) is 0 Å². The zero-order valence-corrected chi connectivity index (χ0v) is 24.1. The second kappa shape index (κ2) is 25.9. The Hall–Kier alpha value is -0.130. The third-order valence-corrected chi connectivity index (χ3v) is 7.74. The van der Waals surface area contributed by atoms with Crippen LogP contribution in [0.15, 0.2) is 0 Å². The fraction of sp³-hybridized carbons (Fsp3) is 1.00. The van der Waals surface area contributed by atoms with Crippen LogP contribution in [0.2, 0.25) is 0 Å². The molecule has 0 aromatic rings. The van der Waals surface area contributed by atoms with Crippen LogP contribution in [0.4, 0.5) is 0 Å². The molecule has 4 nitrogen and oxygen atoms in total. The molecule has 0 bridgehead atoms. The van der Waals surface area contributed by atoms with Gasteiger partial charge in [0.25, 0.3) is 0 Å². The molecule has 1 unspecified atom stereocenters. The van der Waals surface area contributed by atoms with Crippen molar-refractivity contribution in [2.45, 2.75) is 181 Å². The highest BCUT2D eigenvalue weighted by molar-refractivity contribution is 7.81. The van der Waals surface area contributed by atoms with Crippen LogP contribution in [-0.2, 0) is 18.8 Å². The monoisotopic (exact) mass is 504 g/mol. The molecule has 1 atom stereocenters. The van der Waals surface area contributed by atoms with Crippen LogP contribution in [0.3, 0.4) is 0 Å². The van der Waals surface area contributed by atoms with E-state index in [1.54, 1.807) is 0 Å². The first kappa shape index (κ1) is 33.9. The molecule has 0 spiro atoms. The predicted molar refractivity (Wildman–Crippen MR) is 148 cm³/mol. The van der Waals surface area contributed by atoms with Gasteiger partial charge in [-0.2, -0.15) is 8.42 Å². The van der Waals surface area contributed by atoms with Crippen molar-refractivity contribution < 1.29 is 16.8 Å². The molecule has 34 heavy (non-hydrogen) atoms. The van der Waals surface area contributed by atoms with Crippen LogP contribution in [0, 0.1) is 0 Å². The maximum Gasteiger partial charge on any atom is 0.400 e. The zero-order chi connectivity index (χ0) is 25.2. The summed E-state index contributed by atoms with van der Waals surface area (Å²) in [6.45, 7) is 6.59. The molecule has 0 aromatic carbocycles. The lowest BCUT2D eigenvalue weighted by Crippen LogP contribution is -2.18. The standard InChI is InChI=1S/C29H60O4S/c1-4-6-8-10-12-14-16-17-18-19-21-23-25-27-29(3)33-34(30,31)32-28-26-24-22-20-15-13-11-9-7-5-2/h29H,4-28H2,1-3H3. The lowest BCUT2D eigenvalue weighted by atomic mass is 10.0. The van der Waals surface area contributed by atoms with Crippen molar-refractivity contribution in [1.29, 1.82) is 0 Å². The highest BCUT2D eigenvalue weighted by Gasteiger charge is 2.16. The SMILES string of the molecule is CCCCCCCCCCCCCCCC(C)OS(=O)(=O)OCCCCCCCCCCCC. The van der Waals surface area contributed by atoms with Gasteiger partial charge < -0.3 is 0 Å². The molecule has 0 aromatic heterocycles. The van der Waals surface area contributed by atoms with E-state index in [1.165, 1.54) is 116 Å². The van der Waals surface area contributed by atoms with Gasteiger partial charge >= 0.3 is 10.4 Å². The average molecular weight is 505 g/mol. The van der Waals surface area contributed by atoms with E-state index in [-0.39, 0.29) is 12.7 Å². The Morgan fingerprint density at radius 3 is 1.21 bits per heavy atom. The molecule has 0 aliphatic carbocycles. The molecule has 0 amide bonds. The summed E-state index contributed by atoms with van der Waals surface area (Å²) in [4.78, 5) is 0. The molecular weight excluding hydrogens is 444 g/mol. The zero-order valence-electron chi connectivity index (χ0n) is 23.3. The first-order valence-electron chi connectivity index (χ1n) is 15.1. The number of hydrogen-bond donors (Lipinski definition) is 0. The van der Waals surface area contributed by atoms with Gasteiger partial charge in [0.05, 0.1) is 12.7 Å². The van der Waals surface area contributed by atoms with E-state index in [2.05, 4.69) is 13.8 Å². The Morgan fingerprint density at radius 2 is 0.824 bits per heavy atom. The van der Waals surface area contributed by atoms with Crippen molar-refractivity contribution in [3.05, 3.63) is 0 Å². The topological polar surface area (TPSA) is 52.6 Å². The molecule has 0 saturated carbocycles. The second-order valence-electron chi connectivity index (χ2n) is 10.4. The summed E-state index contributed by atoms with van der Waals surface area (Å²) in [6.07, 6.45) is 29.8. The van der Waals surface area contributed by atoms with Crippen molar-refractivity contribution in [2.75, 3.05) is 6.61 Å². The van der Waals surface area contributed by atoms with Crippen LogP contribution in [-0.4, -0.2) is 21.1 Å². The molecule has 0 N–H and O–H groups in total. The Labute approximate surface area is 214 Å². The Bertz CT molecular complexity index is 492. The molecule has 0 saturated heterocycles. The molecule has 0 heterocycles. The quantitative estimate of drug-likeness (QED) is 0.0994. The van der Waals surface area contributed by atoms with Gasteiger partial charge in [-0.05, 0) is 19.8 Å². The number of hydrogen-bond acceptors (Lipinski definition) is 4. The van der Waals surface area contributed by atoms with E-state index < -0.39 is 10.4 Å². The van der Waals surface area contributed by atoms with Crippen molar-refractivity contribution in [1.82, 2.24) is 0 Å². The molecule has 0 radical (unpaired) electrons. The largest absolute Gasteiger partial charge is 0.400 e. The number of unbranched alkanes of at least 4 members (excludes halogenated alkanes) is 21. The van der Waals surface area contributed by atoms with Crippen molar-refractivity contribution in [2.24, 2.45) is 0 Å². The third-order valence-electron chi connectivity index (χ3n) is 6.72. The first-order valence-corrected chi connectivity index (χ1v) is 16.4. The Balaban J connectivity index is 3.45. The van der Waals surface area contributed by atoms with Gasteiger partial charge in [-0.15, -0.1) is 0 Å². The van der Waals surface area contributed by atoms with Crippen LogP contribution in [0.1, 0.15) is 175 Å². The maximum absolute atomic E-state index is 12.0. The van der Waals surface area contributed by atoms with Gasteiger partial charge in [-0.1, -0.05) is 155 Å². The summed E-state index contributed by atoms with van der Waals surface area (Å²) in [5, 5.41) is 0. The molecule has 0 aliphatic rings. The lowest BCUT2D eigenvalue weighted by Gasteiger charge is -2.12. The molecule has 0 rings (SSSR count). The highest BCUT2D eigenvalue weighted by Crippen LogP contribution is 2.15. The minimum absolute atomic E-state index is 0.240. The van der Waals surface area contributed by atoms with Crippen LogP contribution in [0.5, 0.6) is 0 Å². The predicted octanol–water partition coefficient (Wildman–Crippen LogP) is 10.1. The molecule has 0 fully saturated rings. The summed E-state index contributed by atoms with van der Waals surface area (Å²) >= 11 is 0. The molecule has 0 aliphatic heterocycles. The first-order chi connectivity index (χ1) is 16.5. The molecule has 5 heteroatoms. The summed E-state index contributed by atoms with van der Waals surface area (Å²) in [6, 6.07) is 0. The van der Waals surface area contributed by atoms with Crippen molar-refractivity contribution in [3.63, 3.8) is 0 Å². The Kier molecular flexibility index (Phi) is 25.8. The van der Waals surface area contributed by atoms with Crippen LogP contribution < -0.4 is 0 Å². The van der Waals surface area contributed by atoms with Gasteiger partial charge in [0.1, 0.15) is 0 Å². The summed E-state index contributed by atoms with van der Waals surface area (Å²) in [5.74, 6) is 0. The normalized spacial score (nSPS) is 12.9. The van der Waals surface area contributed by atoms with Crippen LogP contribution >= 0.6 is 0 Å². The van der Waals surface area contributed by atoms with E-state index in [9.17, 15) is 8.42 Å². The fourth-order valence-corrected chi connectivity index (χ4v) is 5.35. The summed E-state index contributed by atoms with van der Waals surface area (Å²) < 4.78 is 34.2. The number of rotatable bonds is 28. The van der Waals surface area contributed by atoms with Crippen LogP contribution in [0.25, 0.3) is 0 Å². The smallest absolute Gasteiger partial charge is 0.248 e. The fourth-order valence-electron chi connectivity index (χ4n) is 4.48. The van der Waals surface area contributed by atoms with Gasteiger partial charge in [0.15, 0.2) is 0 Å². The van der Waals surface area contributed by atoms with E-state index in [4.69, 9.17) is 8.37 Å². The molecular formula is C29H60O4S. The van der Waals surface area contributed by atoms with E-state index >= 15 is 0 Å². The minimum Gasteiger partial charge on any atom is -0.248 e. The minimum atomic E-state index is -3.86. The van der Waals surface area contributed by atoms with Crippen molar-refractivity contribution >= 4 is 10.4 Å².